The summed E-state index contributed by atoms with van der Waals surface area (Å²) in [5, 5.41) is 18.7. The Kier molecular flexibility index (Phi) is 7.84. The highest BCUT2D eigenvalue weighted by Crippen LogP contribution is 2.44. The highest BCUT2D eigenvalue weighted by atomic mass is 16.5. The maximum atomic E-state index is 9.48. The number of nitrogens with zero attached hydrogens (tertiary/aromatic N) is 2. The lowest BCUT2D eigenvalue weighted by Crippen LogP contribution is -2.28. The Morgan fingerprint density at radius 3 is 2.58 bits per heavy atom. The summed E-state index contributed by atoms with van der Waals surface area (Å²) in [5.41, 5.74) is 5.82. The lowest BCUT2D eigenvalue weighted by atomic mass is 9.93. The smallest absolute Gasteiger partial charge is 0.172 e. The minimum atomic E-state index is 0.185. The van der Waals surface area contributed by atoms with Gasteiger partial charge in [-0.3, -0.25) is 0 Å². The van der Waals surface area contributed by atoms with Gasteiger partial charge in [0.2, 0.25) is 0 Å². The summed E-state index contributed by atoms with van der Waals surface area (Å²) >= 11 is 0. The number of aromatic nitrogens is 1. The van der Waals surface area contributed by atoms with Crippen molar-refractivity contribution in [2.75, 3.05) is 33.8 Å². The predicted molar refractivity (Wildman–Crippen MR) is 135 cm³/mol. The minimum Gasteiger partial charge on any atom is -0.396 e. The Morgan fingerprint density at radius 2 is 1.91 bits per heavy atom. The van der Waals surface area contributed by atoms with Crippen molar-refractivity contribution < 1.29 is 9.63 Å². The van der Waals surface area contributed by atoms with E-state index in [1.54, 1.807) is 0 Å². The van der Waals surface area contributed by atoms with Gasteiger partial charge in [0.15, 0.2) is 5.58 Å². The van der Waals surface area contributed by atoms with E-state index in [1.807, 2.05) is 0 Å². The molecular formula is C28H39N3O2. The minimum absolute atomic E-state index is 0.185. The molecule has 1 fully saturated rings. The molecule has 1 heterocycles. The summed E-state index contributed by atoms with van der Waals surface area (Å²) in [5.74, 6) is 0.665. The lowest BCUT2D eigenvalue weighted by Gasteiger charge is -2.17. The van der Waals surface area contributed by atoms with Gasteiger partial charge >= 0.3 is 0 Å². The first kappa shape index (κ1) is 23.9. The van der Waals surface area contributed by atoms with Crippen molar-refractivity contribution in [1.29, 1.82) is 0 Å². The Bertz CT molecular complexity index is 1020. The van der Waals surface area contributed by atoms with Gasteiger partial charge in [-0.15, -0.1) is 0 Å². The highest BCUT2D eigenvalue weighted by Gasteiger charge is 2.41. The summed E-state index contributed by atoms with van der Waals surface area (Å²) in [7, 11) is 4.19. The first-order valence-electron chi connectivity index (χ1n) is 12.5. The molecule has 3 aromatic rings. The molecule has 0 bridgehead atoms. The second-order valence-electron chi connectivity index (χ2n) is 10.1. The fourth-order valence-electron chi connectivity index (χ4n) is 4.77. The summed E-state index contributed by atoms with van der Waals surface area (Å²) < 4.78 is 5.95. The number of aliphatic hydroxyl groups excluding tert-OH is 1. The first-order chi connectivity index (χ1) is 16.0. The van der Waals surface area contributed by atoms with E-state index in [0.717, 1.165) is 68.4 Å². The molecule has 0 aliphatic heterocycles. The quantitative estimate of drug-likeness (QED) is 0.348. The molecule has 1 atom stereocenters. The lowest BCUT2D eigenvalue weighted by molar-refractivity contribution is 0.207. The second-order valence-corrected chi connectivity index (χ2v) is 10.1. The molecule has 2 N–H and O–H groups in total. The van der Waals surface area contributed by atoms with Gasteiger partial charge in [-0.05, 0) is 75.9 Å². The zero-order valence-electron chi connectivity index (χ0n) is 20.4. The Hall–Kier alpha value is -2.21. The normalized spacial score (nSPS) is 15.9. The molecule has 5 heteroatoms. The van der Waals surface area contributed by atoms with Crippen molar-refractivity contribution in [2.24, 2.45) is 11.3 Å². The molecule has 0 radical (unpaired) electrons. The van der Waals surface area contributed by atoms with Crippen molar-refractivity contribution in [3.8, 4) is 11.1 Å². The van der Waals surface area contributed by atoms with Crippen LogP contribution >= 0.6 is 0 Å². The summed E-state index contributed by atoms with van der Waals surface area (Å²) in [4.78, 5) is 2.19. The van der Waals surface area contributed by atoms with Crippen molar-refractivity contribution in [2.45, 2.75) is 52.0 Å². The fourth-order valence-corrected chi connectivity index (χ4v) is 4.77. The molecule has 1 saturated carbocycles. The third-order valence-electron chi connectivity index (χ3n) is 7.27. The summed E-state index contributed by atoms with van der Waals surface area (Å²) in [6.07, 6.45) is 6.72. The maximum Gasteiger partial charge on any atom is 0.172 e. The van der Waals surface area contributed by atoms with Gasteiger partial charge in [0.25, 0.3) is 0 Å². The molecule has 0 amide bonds. The van der Waals surface area contributed by atoms with E-state index >= 15 is 0 Å². The van der Waals surface area contributed by atoms with Crippen LogP contribution in [0.4, 0.5) is 0 Å². The van der Waals surface area contributed by atoms with Crippen molar-refractivity contribution in [1.82, 2.24) is 15.4 Å². The first-order valence-corrected chi connectivity index (χ1v) is 12.5. The van der Waals surface area contributed by atoms with Gasteiger partial charge < -0.3 is 19.8 Å². The maximum absolute atomic E-state index is 9.48. The van der Waals surface area contributed by atoms with Crippen molar-refractivity contribution in [3.05, 3.63) is 53.7 Å². The van der Waals surface area contributed by atoms with Crippen LogP contribution in [0.5, 0.6) is 0 Å². The van der Waals surface area contributed by atoms with Gasteiger partial charge in [-0.2, -0.15) is 0 Å². The molecule has 1 aliphatic rings. The average molecular weight is 450 g/mol. The zero-order chi connectivity index (χ0) is 23.3. The third-order valence-corrected chi connectivity index (χ3v) is 7.27. The second kappa shape index (κ2) is 10.8. The molecule has 1 aromatic heterocycles. The molecule has 178 valence electrons. The van der Waals surface area contributed by atoms with E-state index in [-0.39, 0.29) is 5.41 Å². The molecule has 0 spiro atoms. The Labute approximate surface area is 198 Å². The molecular weight excluding hydrogens is 410 g/mol. The van der Waals surface area contributed by atoms with E-state index in [0.29, 0.717) is 12.5 Å². The van der Waals surface area contributed by atoms with E-state index in [1.165, 1.54) is 23.1 Å². The van der Waals surface area contributed by atoms with Gasteiger partial charge in [0.1, 0.15) is 0 Å². The van der Waals surface area contributed by atoms with Gasteiger partial charge in [0.05, 0.1) is 5.69 Å². The monoisotopic (exact) mass is 449 g/mol. The highest BCUT2D eigenvalue weighted by molar-refractivity contribution is 5.89. The SMILES string of the molecule is CCC(CCNCC1(CO)CC1)CCc1noc2c(CN(C)C)c(-c3ccccc3)ccc12. The van der Waals surface area contributed by atoms with Crippen LogP contribution < -0.4 is 5.32 Å². The van der Waals surface area contributed by atoms with Crippen LogP contribution in [-0.4, -0.2) is 49.0 Å². The zero-order valence-corrected chi connectivity index (χ0v) is 20.4. The number of benzene rings is 2. The third kappa shape index (κ3) is 5.84. The number of fused-ring (bicyclic) bond motifs is 1. The number of nitrogens with one attached hydrogen (secondary N) is 1. The van der Waals surface area contributed by atoms with Crippen LogP contribution in [0.25, 0.3) is 22.1 Å². The summed E-state index contributed by atoms with van der Waals surface area (Å²) in [6, 6.07) is 14.9. The van der Waals surface area contributed by atoms with Gasteiger partial charge in [0, 0.05) is 36.1 Å². The van der Waals surface area contributed by atoms with Crippen LogP contribution in [0.2, 0.25) is 0 Å². The van der Waals surface area contributed by atoms with E-state index < -0.39 is 0 Å². The van der Waals surface area contributed by atoms with Crippen LogP contribution in [0.3, 0.4) is 0 Å². The molecule has 33 heavy (non-hydrogen) atoms. The largest absolute Gasteiger partial charge is 0.396 e. The van der Waals surface area contributed by atoms with Gasteiger partial charge in [-0.25, -0.2) is 0 Å². The Balaban J connectivity index is 1.43. The summed E-state index contributed by atoms with van der Waals surface area (Å²) in [6.45, 7) is 5.38. The molecule has 0 saturated heterocycles. The number of aliphatic hydroxyl groups is 1. The molecule has 5 nitrogen and oxygen atoms in total. The van der Waals surface area contributed by atoms with Gasteiger partial charge in [-0.1, -0.05) is 54.9 Å². The van der Waals surface area contributed by atoms with Crippen LogP contribution in [0, 0.1) is 11.3 Å². The number of hydrogen-bond donors (Lipinski definition) is 2. The average Bonchev–Trinajstić information content (AvgIpc) is 3.50. The standard InChI is InChI=1S/C28H39N3O2/c1-4-21(14-17-29-19-28(20-32)15-16-28)10-13-26-24-12-11-23(22-8-6-5-7-9-22)25(18-31(2)3)27(24)33-30-26/h5-9,11-12,21,29,32H,4,10,13-20H2,1-3H3. The van der Waals surface area contributed by atoms with E-state index in [9.17, 15) is 5.11 Å². The van der Waals surface area contributed by atoms with Crippen molar-refractivity contribution >= 4 is 11.0 Å². The Morgan fingerprint density at radius 1 is 1.12 bits per heavy atom. The van der Waals surface area contributed by atoms with E-state index in [2.05, 4.69) is 78.9 Å². The molecule has 1 unspecified atom stereocenters. The fraction of sp³-hybridized carbons (Fsp3) is 0.536. The number of hydrogen-bond acceptors (Lipinski definition) is 5. The van der Waals surface area contributed by atoms with Crippen molar-refractivity contribution in [3.63, 3.8) is 0 Å². The molecule has 1 aliphatic carbocycles. The molecule has 2 aromatic carbocycles. The van der Waals surface area contributed by atoms with Crippen LogP contribution in [0.15, 0.2) is 47.0 Å². The number of aryl methyl sites for hydroxylation is 1. The topological polar surface area (TPSA) is 61.5 Å². The van der Waals surface area contributed by atoms with E-state index in [4.69, 9.17) is 4.52 Å². The molecule has 4 rings (SSSR count). The van der Waals surface area contributed by atoms with Crippen LogP contribution in [-0.2, 0) is 13.0 Å². The predicted octanol–water partition coefficient (Wildman–Crippen LogP) is 5.27. The van der Waals surface area contributed by atoms with Crippen LogP contribution in [0.1, 0.15) is 50.3 Å². The number of rotatable bonds is 13.